The van der Waals surface area contributed by atoms with Gasteiger partial charge in [0.25, 0.3) is 5.91 Å². The van der Waals surface area contributed by atoms with Crippen LogP contribution < -0.4 is 10.6 Å². The van der Waals surface area contributed by atoms with E-state index in [4.69, 9.17) is 12.2 Å². The molecule has 3 aromatic carbocycles. The maximum absolute atomic E-state index is 12.1. The highest BCUT2D eigenvalue weighted by Crippen LogP contribution is 2.22. The summed E-state index contributed by atoms with van der Waals surface area (Å²) in [7, 11) is 0. The van der Waals surface area contributed by atoms with E-state index in [9.17, 15) is 9.90 Å². The predicted octanol–water partition coefficient (Wildman–Crippen LogP) is 3.67. The Morgan fingerprint density at radius 2 is 1.61 bits per heavy atom. The Labute approximate surface area is 138 Å². The molecule has 0 fully saturated rings. The topological polar surface area (TPSA) is 61.4 Å². The molecule has 0 aliphatic carbocycles. The van der Waals surface area contributed by atoms with Crippen LogP contribution in [0, 0.1) is 0 Å². The standard InChI is InChI=1S/C18H14N2O2S/c21-14-10-8-13(9-11-14)17(22)20-18(23)19-16-7-3-5-12-4-1-2-6-15(12)16/h1-11,21H,(H2,19,20,22,23). The van der Waals surface area contributed by atoms with Crippen molar-refractivity contribution < 1.29 is 9.90 Å². The molecule has 0 unspecified atom stereocenters. The first-order valence-electron chi connectivity index (χ1n) is 7.02. The van der Waals surface area contributed by atoms with Gasteiger partial charge in [-0.3, -0.25) is 10.1 Å². The lowest BCUT2D eigenvalue weighted by Crippen LogP contribution is -2.34. The van der Waals surface area contributed by atoms with Gasteiger partial charge in [-0.25, -0.2) is 0 Å². The Kier molecular flexibility index (Phi) is 4.21. The Hall–Kier alpha value is -2.92. The predicted molar refractivity (Wildman–Crippen MR) is 95.7 cm³/mol. The summed E-state index contributed by atoms with van der Waals surface area (Å²) in [4.78, 5) is 12.1. The van der Waals surface area contributed by atoms with Gasteiger partial charge < -0.3 is 10.4 Å². The number of hydrogen-bond donors (Lipinski definition) is 3. The number of thiocarbonyl (C=S) groups is 1. The fourth-order valence-corrected chi connectivity index (χ4v) is 2.48. The number of carbonyl (C=O) groups excluding carboxylic acids is 1. The zero-order valence-corrected chi connectivity index (χ0v) is 12.9. The summed E-state index contributed by atoms with van der Waals surface area (Å²) in [6.07, 6.45) is 0. The largest absolute Gasteiger partial charge is 0.508 e. The smallest absolute Gasteiger partial charge is 0.257 e. The molecule has 5 heteroatoms. The molecular formula is C18H14N2O2S. The first-order valence-corrected chi connectivity index (χ1v) is 7.43. The number of amides is 1. The molecular weight excluding hydrogens is 308 g/mol. The Morgan fingerprint density at radius 1 is 0.913 bits per heavy atom. The molecule has 0 aromatic heterocycles. The van der Waals surface area contributed by atoms with Gasteiger partial charge in [0.15, 0.2) is 5.11 Å². The van der Waals surface area contributed by atoms with Crippen molar-refractivity contribution in [2.24, 2.45) is 0 Å². The van der Waals surface area contributed by atoms with Crippen LogP contribution in [0.5, 0.6) is 5.75 Å². The number of hydrogen-bond acceptors (Lipinski definition) is 3. The van der Waals surface area contributed by atoms with E-state index in [0.717, 1.165) is 16.5 Å². The van der Waals surface area contributed by atoms with E-state index in [2.05, 4.69) is 10.6 Å². The third kappa shape index (κ3) is 3.46. The van der Waals surface area contributed by atoms with Gasteiger partial charge >= 0.3 is 0 Å². The summed E-state index contributed by atoms with van der Waals surface area (Å²) in [6, 6.07) is 19.7. The lowest BCUT2D eigenvalue weighted by atomic mass is 10.1. The Bertz CT molecular complexity index is 870. The molecule has 0 heterocycles. The van der Waals surface area contributed by atoms with E-state index >= 15 is 0 Å². The van der Waals surface area contributed by atoms with Gasteiger partial charge in [0.05, 0.1) is 0 Å². The van der Waals surface area contributed by atoms with Crippen molar-refractivity contribution >= 4 is 39.7 Å². The van der Waals surface area contributed by atoms with Gasteiger partial charge in [0.1, 0.15) is 5.75 Å². The summed E-state index contributed by atoms with van der Waals surface area (Å²) in [5, 5.41) is 17.3. The molecule has 114 valence electrons. The maximum Gasteiger partial charge on any atom is 0.257 e. The van der Waals surface area contributed by atoms with Crippen LogP contribution in [-0.4, -0.2) is 16.1 Å². The Morgan fingerprint density at radius 3 is 2.39 bits per heavy atom. The quantitative estimate of drug-likeness (QED) is 0.630. The summed E-state index contributed by atoms with van der Waals surface area (Å²) >= 11 is 5.21. The van der Waals surface area contributed by atoms with Gasteiger partial charge in [0, 0.05) is 16.6 Å². The van der Waals surface area contributed by atoms with Gasteiger partial charge in [-0.2, -0.15) is 0 Å². The zero-order chi connectivity index (χ0) is 16.2. The number of rotatable bonds is 2. The monoisotopic (exact) mass is 322 g/mol. The molecule has 0 atom stereocenters. The highest BCUT2D eigenvalue weighted by atomic mass is 32.1. The van der Waals surface area contributed by atoms with E-state index in [1.54, 1.807) is 0 Å². The molecule has 0 radical (unpaired) electrons. The van der Waals surface area contributed by atoms with Gasteiger partial charge in [-0.15, -0.1) is 0 Å². The molecule has 3 aromatic rings. The second-order valence-electron chi connectivity index (χ2n) is 4.98. The lowest BCUT2D eigenvalue weighted by molar-refractivity contribution is 0.0977. The zero-order valence-electron chi connectivity index (χ0n) is 12.1. The van der Waals surface area contributed by atoms with Crippen LogP contribution in [0.1, 0.15) is 10.4 Å². The number of nitrogens with one attached hydrogen (secondary N) is 2. The lowest BCUT2D eigenvalue weighted by Gasteiger charge is -2.12. The number of phenols is 1. The van der Waals surface area contributed by atoms with Crippen LogP contribution in [-0.2, 0) is 0 Å². The third-order valence-corrected chi connectivity index (χ3v) is 3.60. The Balaban J connectivity index is 1.74. The van der Waals surface area contributed by atoms with Crippen molar-refractivity contribution in [2.75, 3.05) is 5.32 Å². The average molecular weight is 322 g/mol. The second-order valence-corrected chi connectivity index (χ2v) is 5.39. The highest BCUT2D eigenvalue weighted by Gasteiger charge is 2.09. The molecule has 1 amide bonds. The van der Waals surface area contributed by atoms with Crippen LogP contribution in [0.15, 0.2) is 66.7 Å². The number of phenolic OH excluding ortho intramolecular Hbond substituents is 1. The molecule has 4 nitrogen and oxygen atoms in total. The van der Waals surface area contributed by atoms with Gasteiger partial charge in [0.2, 0.25) is 0 Å². The normalized spacial score (nSPS) is 10.3. The van der Waals surface area contributed by atoms with Crippen LogP contribution in [0.3, 0.4) is 0 Å². The minimum Gasteiger partial charge on any atom is -0.508 e. The van der Waals surface area contributed by atoms with E-state index < -0.39 is 0 Å². The van der Waals surface area contributed by atoms with Crippen molar-refractivity contribution in [3.63, 3.8) is 0 Å². The summed E-state index contributed by atoms with van der Waals surface area (Å²) < 4.78 is 0. The van der Waals surface area contributed by atoms with E-state index in [1.807, 2.05) is 42.5 Å². The first-order chi connectivity index (χ1) is 11.1. The molecule has 0 aliphatic heterocycles. The molecule has 0 aliphatic rings. The summed E-state index contributed by atoms with van der Waals surface area (Å²) in [5.74, 6) is -0.222. The van der Waals surface area contributed by atoms with Crippen LogP contribution in [0.4, 0.5) is 5.69 Å². The highest BCUT2D eigenvalue weighted by molar-refractivity contribution is 7.80. The number of benzene rings is 3. The van der Waals surface area contributed by atoms with Crippen molar-refractivity contribution in [2.45, 2.75) is 0 Å². The molecule has 0 spiro atoms. The van der Waals surface area contributed by atoms with Crippen molar-refractivity contribution in [1.29, 1.82) is 0 Å². The minimum atomic E-state index is -0.331. The fourth-order valence-electron chi connectivity index (χ4n) is 2.28. The number of fused-ring (bicyclic) bond motifs is 1. The van der Waals surface area contributed by atoms with Crippen molar-refractivity contribution in [1.82, 2.24) is 5.32 Å². The van der Waals surface area contributed by atoms with E-state index in [1.165, 1.54) is 24.3 Å². The van der Waals surface area contributed by atoms with E-state index in [0.29, 0.717) is 5.56 Å². The molecule has 23 heavy (non-hydrogen) atoms. The summed E-state index contributed by atoms with van der Waals surface area (Å²) in [5.41, 5.74) is 1.25. The van der Waals surface area contributed by atoms with Gasteiger partial charge in [-0.05, 0) is 47.9 Å². The molecule has 0 saturated heterocycles. The minimum absolute atomic E-state index is 0.109. The van der Waals surface area contributed by atoms with Crippen LogP contribution >= 0.6 is 12.2 Å². The van der Waals surface area contributed by atoms with Crippen LogP contribution in [0.2, 0.25) is 0 Å². The number of aromatic hydroxyl groups is 1. The molecule has 0 saturated carbocycles. The molecule has 3 N–H and O–H groups in total. The molecule has 3 rings (SSSR count). The van der Waals surface area contributed by atoms with Crippen molar-refractivity contribution in [3.05, 3.63) is 72.3 Å². The van der Waals surface area contributed by atoms with Crippen LogP contribution in [0.25, 0.3) is 10.8 Å². The SMILES string of the molecule is O=C(NC(=S)Nc1cccc2ccccc12)c1ccc(O)cc1. The fraction of sp³-hybridized carbons (Fsp3) is 0. The third-order valence-electron chi connectivity index (χ3n) is 3.39. The first kappa shape index (κ1) is 15.0. The average Bonchev–Trinajstić information content (AvgIpc) is 2.55. The number of anilines is 1. The summed E-state index contributed by atoms with van der Waals surface area (Å²) in [6.45, 7) is 0. The maximum atomic E-state index is 12.1. The van der Waals surface area contributed by atoms with Crippen molar-refractivity contribution in [3.8, 4) is 5.75 Å². The van der Waals surface area contributed by atoms with E-state index in [-0.39, 0.29) is 16.8 Å². The van der Waals surface area contributed by atoms with Gasteiger partial charge in [-0.1, -0.05) is 36.4 Å². The number of carbonyl (C=O) groups is 1. The second kappa shape index (κ2) is 6.46. The molecule has 0 bridgehead atoms.